The van der Waals surface area contributed by atoms with Gasteiger partial charge in [0.1, 0.15) is 10.8 Å². The van der Waals surface area contributed by atoms with Gasteiger partial charge >= 0.3 is 11.9 Å². The maximum atomic E-state index is 11.9. The number of hydrogen-bond acceptors (Lipinski definition) is 4. The number of carbonyl (C=O) groups is 4. The molecule has 92 valence electrons. The molecule has 0 aromatic carbocycles. The highest BCUT2D eigenvalue weighted by atomic mass is 16.4. The number of rotatable bonds is 2. The Bertz CT molecular complexity index is 399. The Morgan fingerprint density at radius 2 is 1.24 bits per heavy atom. The van der Waals surface area contributed by atoms with Gasteiger partial charge in [0.05, 0.1) is 0 Å². The molecule has 0 saturated heterocycles. The highest BCUT2D eigenvalue weighted by molar-refractivity contribution is 6.17. The van der Waals surface area contributed by atoms with Crippen LogP contribution in [0.5, 0.6) is 0 Å². The maximum Gasteiger partial charge on any atom is 0.317 e. The zero-order valence-corrected chi connectivity index (χ0v) is 9.06. The van der Waals surface area contributed by atoms with Crippen LogP contribution in [-0.4, -0.2) is 33.7 Å². The predicted octanol–water partition coefficient (Wildman–Crippen LogP) is 0.244. The molecular formula is C11H12O6. The van der Waals surface area contributed by atoms with E-state index in [1.165, 1.54) is 0 Å². The lowest BCUT2D eigenvalue weighted by Gasteiger charge is -2.35. The SMILES string of the molecule is O=C(O)[C@@]12CCC[C@@](C(=O)O)(CC1=O)C(=O)C2. The molecule has 0 unspecified atom stereocenters. The lowest BCUT2D eigenvalue weighted by Crippen LogP contribution is -2.52. The van der Waals surface area contributed by atoms with E-state index in [9.17, 15) is 19.2 Å². The van der Waals surface area contributed by atoms with Crippen LogP contribution in [0.25, 0.3) is 0 Å². The molecular weight excluding hydrogens is 228 g/mol. The highest BCUT2D eigenvalue weighted by Crippen LogP contribution is 2.50. The van der Waals surface area contributed by atoms with Crippen molar-refractivity contribution in [3.63, 3.8) is 0 Å². The molecule has 0 radical (unpaired) electrons. The van der Waals surface area contributed by atoms with E-state index in [0.717, 1.165) is 0 Å². The largest absolute Gasteiger partial charge is 0.480 e. The minimum absolute atomic E-state index is 0.0575. The Hall–Kier alpha value is -1.72. The average Bonchev–Trinajstić information content (AvgIpc) is 2.46. The summed E-state index contributed by atoms with van der Waals surface area (Å²) in [6.07, 6.45) is -0.569. The molecule has 0 aromatic rings. The van der Waals surface area contributed by atoms with Crippen molar-refractivity contribution in [3.8, 4) is 0 Å². The summed E-state index contributed by atoms with van der Waals surface area (Å²) in [6, 6.07) is 0. The minimum atomic E-state index is -1.67. The van der Waals surface area contributed by atoms with Crippen molar-refractivity contribution in [1.29, 1.82) is 0 Å². The summed E-state index contributed by atoms with van der Waals surface area (Å²) in [6.45, 7) is 0. The van der Waals surface area contributed by atoms with Gasteiger partial charge in [0, 0.05) is 12.8 Å². The first-order chi connectivity index (χ1) is 7.85. The smallest absolute Gasteiger partial charge is 0.317 e. The van der Waals surface area contributed by atoms with Crippen LogP contribution in [0.15, 0.2) is 0 Å². The fourth-order valence-electron chi connectivity index (χ4n) is 2.83. The lowest BCUT2D eigenvalue weighted by molar-refractivity contribution is -0.169. The molecule has 3 rings (SSSR count). The maximum absolute atomic E-state index is 11.9. The number of carboxylic acid groups (broad SMARTS) is 2. The van der Waals surface area contributed by atoms with Gasteiger partial charge in [-0.3, -0.25) is 19.2 Å². The van der Waals surface area contributed by atoms with E-state index < -0.39 is 47.2 Å². The fourth-order valence-corrected chi connectivity index (χ4v) is 2.83. The number of Topliss-reactive ketones (excluding diaryl/α,β-unsaturated/α-hetero) is 2. The Labute approximate surface area is 96.6 Å². The molecule has 2 N–H and O–H groups in total. The zero-order chi connectivity index (χ0) is 12.8. The van der Waals surface area contributed by atoms with Crippen molar-refractivity contribution in [2.24, 2.45) is 10.8 Å². The topological polar surface area (TPSA) is 109 Å². The van der Waals surface area contributed by atoms with Gasteiger partial charge in [-0.25, -0.2) is 0 Å². The van der Waals surface area contributed by atoms with Gasteiger partial charge in [-0.05, 0) is 12.8 Å². The summed E-state index contributed by atoms with van der Waals surface area (Å²) < 4.78 is 0. The van der Waals surface area contributed by atoms with Crippen LogP contribution in [-0.2, 0) is 19.2 Å². The van der Waals surface area contributed by atoms with Crippen molar-refractivity contribution in [3.05, 3.63) is 0 Å². The van der Waals surface area contributed by atoms with Crippen molar-refractivity contribution >= 4 is 23.5 Å². The van der Waals surface area contributed by atoms with E-state index in [0.29, 0.717) is 0 Å². The van der Waals surface area contributed by atoms with Gasteiger partial charge in [-0.1, -0.05) is 6.42 Å². The number of carbonyl (C=O) groups excluding carboxylic acids is 2. The second kappa shape index (κ2) is 3.38. The summed E-state index contributed by atoms with van der Waals surface area (Å²) in [4.78, 5) is 46.2. The van der Waals surface area contributed by atoms with Gasteiger partial charge in [-0.2, -0.15) is 0 Å². The summed E-state index contributed by atoms with van der Waals surface area (Å²) in [5, 5.41) is 18.3. The second-order valence-electron chi connectivity index (χ2n) is 4.83. The van der Waals surface area contributed by atoms with Crippen LogP contribution < -0.4 is 0 Å². The third kappa shape index (κ3) is 1.33. The molecule has 3 fully saturated rings. The van der Waals surface area contributed by atoms with Crippen LogP contribution in [0, 0.1) is 10.8 Å². The van der Waals surface area contributed by atoms with Crippen molar-refractivity contribution in [1.82, 2.24) is 0 Å². The molecule has 3 saturated carbocycles. The fraction of sp³-hybridized carbons (Fsp3) is 0.636. The van der Waals surface area contributed by atoms with Gasteiger partial charge in [0.15, 0.2) is 11.6 Å². The Morgan fingerprint density at radius 1 is 0.882 bits per heavy atom. The molecule has 0 aromatic heterocycles. The summed E-state index contributed by atoms with van der Waals surface area (Å²) in [7, 11) is 0. The first-order valence-corrected chi connectivity index (χ1v) is 5.39. The quantitative estimate of drug-likeness (QED) is 0.669. The molecule has 0 heterocycles. The van der Waals surface area contributed by atoms with Gasteiger partial charge in [0.25, 0.3) is 0 Å². The number of carboxylic acids is 2. The van der Waals surface area contributed by atoms with Gasteiger partial charge in [-0.15, -0.1) is 0 Å². The van der Waals surface area contributed by atoms with Crippen LogP contribution >= 0.6 is 0 Å². The average molecular weight is 240 g/mol. The molecule has 2 bridgehead atoms. The number of hydrogen-bond donors (Lipinski definition) is 2. The van der Waals surface area contributed by atoms with Crippen LogP contribution in [0.2, 0.25) is 0 Å². The second-order valence-corrected chi connectivity index (χ2v) is 4.83. The minimum Gasteiger partial charge on any atom is -0.480 e. The van der Waals surface area contributed by atoms with E-state index in [1.54, 1.807) is 0 Å². The normalized spacial score (nSPS) is 36.7. The summed E-state index contributed by atoms with van der Waals surface area (Å²) >= 11 is 0. The highest BCUT2D eigenvalue weighted by Gasteiger charge is 2.62. The lowest BCUT2D eigenvalue weighted by atomic mass is 9.63. The van der Waals surface area contributed by atoms with Crippen molar-refractivity contribution in [2.75, 3.05) is 0 Å². The number of ketones is 2. The molecule has 0 aliphatic heterocycles. The zero-order valence-electron chi connectivity index (χ0n) is 9.06. The van der Waals surface area contributed by atoms with Crippen LogP contribution in [0.3, 0.4) is 0 Å². The number of fused-ring (bicyclic) bond motifs is 4. The Morgan fingerprint density at radius 3 is 1.53 bits per heavy atom. The molecule has 2 atom stereocenters. The van der Waals surface area contributed by atoms with Crippen molar-refractivity contribution in [2.45, 2.75) is 32.1 Å². The third-order valence-corrected chi connectivity index (χ3v) is 4.02. The monoisotopic (exact) mass is 240 g/mol. The first kappa shape index (κ1) is 11.8. The third-order valence-electron chi connectivity index (χ3n) is 4.02. The van der Waals surface area contributed by atoms with Gasteiger partial charge < -0.3 is 10.2 Å². The molecule has 0 spiro atoms. The van der Waals surface area contributed by atoms with Crippen molar-refractivity contribution < 1.29 is 29.4 Å². The Kier molecular flexibility index (Phi) is 2.34. The van der Waals surface area contributed by atoms with E-state index in [1.807, 2.05) is 0 Å². The molecule has 6 nitrogen and oxygen atoms in total. The molecule has 0 amide bonds. The van der Waals surface area contributed by atoms with E-state index in [4.69, 9.17) is 10.2 Å². The van der Waals surface area contributed by atoms with Crippen LogP contribution in [0.1, 0.15) is 32.1 Å². The molecule has 3 aliphatic rings. The summed E-state index contributed by atoms with van der Waals surface area (Å²) in [5.41, 5.74) is -3.35. The van der Waals surface area contributed by atoms with Crippen LogP contribution in [0.4, 0.5) is 0 Å². The summed E-state index contributed by atoms with van der Waals surface area (Å²) in [5.74, 6) is -3.86. The first-order valence-electron chi connectivity index (χ1n) is 5.39. The standard InChI is InChI=1S/C11H12O6/c12-6-5-11(9(16)17)3-1-2-10(6,8(14)15)4-7(11)13/h1-5H2,(H,14,15)(H,16,17)/t10-,11-/m1/s1. The van der Waals surface area contributed by atoms with Gasteiger partial charge in [0.2, 0.25) is 0 Å². The predicted molar refractivity (Wildman–Crippen MR) is 53.2 cm³/mol. The van der Waals surface area contributed by atoms with E-state index in [-0.39, 0.29) is 19.3 Å². The van der Waals surface area contributed by atoms with E-state index >= 15 is 0 Å². The molecule has 6 heteroatoms. The van der Waals surface area contributed by atoms with E-state index in [2.05, 4.69) is 0 Å². The molecule has 17 heavy (non-hydrogen) atoms. The molecule has 3 aliphatic carbocycles. The number of aliphatic carboxylic acids is 2. The Balaban J connectivity index is 2.52.